The fourth-order valence-corrected chi connectivity index (χ4v) is 41.5. The zero-order valence-corrected chi connectivity index (χ0v) is 72.5. The molecule has 68 heavy (non-hydrogen) atoms. The van der Waals surface area contributed by atoms with Gasteiger partial charge in [0, 0.05) is 165 Å². The predicted octanol–water partition coefficient (Wildman–Crippen LogP) is 18.8. The van der Waals surface area contributed by atoms with Crippen LogP contribution in [0.2, 0.25) is 60.5 Å². The summed E-state index contributed by atoms with van der Waals surface area (Å²) in [6, 6.07) is 0. The molecule has 0 bridgehead atoms. The summed E-state index contributed by atoms with van der Waals surface area (Å²) in [4.78, 5) is 0. The van der Waals surface area contributed by atoms with E-state index < -0.39 is 35.2 Å². The summed E-state index contributed by atoms with van der Waals surface area (Å²) in [5.74, 6) is 0. The summed E-state index contributed by atoms with van der Waals surface area (Å²) in [5.41, 5.74) is 0. The van der Waals surface area contributed by atoms with Gasteiger partial charge in [0.2, 0.25) is 0 Å². The van der Waals surface area contributed by atoms with Gasteiger partial charge in [-0.15, -0.1) is 0 Å². The summed E-state index contributed by atoms with van der Waals surface area (Å²) >= 11 is 0. The molecule has 0 aliphatic carbocycles. The molecule has 18 radical (unpaired) electrons. The molecular weight excluding hydrogens is 1140 g/mol. The first-order valence-corrected chi connectivity index (χ1v) is 31.2. The first-order chi connectivity index (χ1) is 26.5. The summed E-state index contributed by atoms with van der Waals surface area (Å²) in [5, 5.41) is 5.85. The second-order valence-electron chi connectivity index (χ2n) is 31.1. The third-order valence-electron chi connectivity index (χ3n) is 10.7. The summed E-state index contributed by atoms with van der Waals surface area (Å²) in [6.07, 6.45) is 5.11. The fourth-order valence-electron chi connectivity index (χ4n) is 14.5. The van der Waals surface area contributed by atoms with Crippen molar-refractivity contribution in [3.8, 4) is 0 Å². The SMILES string of the molecule is C1CCOC1.C1CCOC1.CC(C)(C)[Si](C(C)(C)C)C(C)(C)C.CC(C)(C)[Si](C(C)(C)C)C(C)(C)C.CC(C)(C)[Si](C(C)(C)C)C(C)(C)C.CC(C)(C)[Si](C(C)(C)C)C(C)(C)C.[Ga].[Ga].[Ga].[Ga].[Na].[Na]. The Kier molecular flexibility index (Phi) is 52.5. The van der Waals surface area contributed by atoms with Crippen LogP contribution in [0.1, 0.15) is 275 Å². The van der Waals surface area contributed by atoms with Gasteiger partial charge in [-0.3, -0.25) is 0 Å². The van der Waals surface area contributed by atoms with Gasteiger partial charge in [-0.1, -0.05) is 249 Å². The minimum Gasteiger partial charge on any atom is -0.381 e. The van der Waals surface area contributed by atoms with Crippen molar-refractivity contribution in [2.24, 2.45) is 0 Å². The molecule has 0 aromatic rings. The summed E-state index contributed by atoms with van der Waals surface area (Å²) in [6.45, 7) is 90.4. The topological polar surface area (TPSA) is 18.5 Å². The van der Waals surface area contributed by atoms with E-state index >= 15 is 0 Å². The van der Waals surface area contributed by atoms with Crippen molar-refractivity contribution in [2.45, 2.75) is 335 Å². The maximum Gasteiger partial charge on any atom is 0.0652 e. The van der Waals surface area contributed by atoms with Gasteiger partial charge in [-0.25, -0.2) is 0 Å². The Balaban J connectivity index is -0.0000000748. The van der Waals surface area contributed by atoms with Crippen molar-refractivity contribution in [3.05, 3.63) is 0 Å². The Morgan fingerprint density at radius 3 is 0.279 bits per heavy atom. The molecule has 0 unspecified atom stereocenters. The molecule has 2 nitrogen and oxygen atoms in total. The van der Waals surface area contributed by atoms with Gasteiger partial charge in [0.25, 0.3) is 0 Å². The van der Waals surface area contributed by atoms with E-state index in [1.165, 1.54) is 25.7 Å². The standard InChI is InChI=1S/4C12H27Si.2C4H8O.4Ga.2Na/c4*1-10(2,3)13(11(4,5)6)12(7,8)9;2*1-2-4-5-3-1;;;;;;/h4*1-9H3;2*1-4H2;;;;;;. The second kappa shape index (κ2) is 37.3. The van der Waals surface area contributed by atoms with E-state index in [9.17, 15) is 0 Å². The maximum absolute atomic E-state index is 4.94. The molecule has 0 N–H and O–H groups in total. The second-order valence-corrected chi connectivity index (χ2v) is 52.1. The molecule has 2 aliphatic heterocycles. The van der Waals surface area contributed by atoms with Crippen molar-refractivity contribution in [1.82, 2.24) is 0 Å². The van der Waals surface area contributed by atoms with Crippen LogP contribution >= 0.6 is 0 Å². The largest absolute Gasteiger partial charge is 0.381 e. The molecule has 0 aromatic heterocycles. The molecule has 2 aliphatic rings. The molecule has 12 heteroatoms. The predicted molar refractivity (Wildman–Crippen MR) is 334 cm³/mol. The van der Waals surface area contributed by atoms with Crippen LogP contribution in [0.15, 0.2) is 0 Å². The zero-order valence-electron chi connectivity index (χ0n) is 54.8. The van der Waals surface area contributed by atoms with E-state index in [2.05, 4.69) is 249 Å². The normalized spacial score (nSPS) is 15.2. The molecular formula is C56H124Ga4Na2O2Si4. The quantitative estimate of drug-likeness (QED) is 0.225. The number of ether oxygens (including phenoxy) is 2. The molecule has 2 saturated heterocycles. The van der Waals surface area contributed by atoms with Gasteiger partial charge < -0.3 is 9.47 Å². The van der Waals surface area contributed by atoms with E-state index in [1.807, 2.05) is 0 Å². The minimum absolute atomic E-state index is 0. The zero-order chi connectivity index (χ0) is 51.4. The van der Waals surface area contributed by atoms with Crippen molar-refractivity contribution in [2.75, 3.05) is 26.4 Å². The average molecular weight is 1270 g/mol. The number of hydrogen-bond acceptors (Lipinski definition) is 2. The monoisotopic (exact) mass is 1260 g/mol. The van der Waals surface area contributed by atoms with E-state index in [-0.39, 0.29) is 138 Å². The van der Waals surface area contributed by atoms with Crippen LogP contribution < -0.4 is 0 Å². The Morgan fingerprint density at radius 1 is 0.191 bits per heavy atom. The third kappa shape index (κ3) is 46.3. The Morgan fingerprint density at radius 2 is 0.265 bits per heavy atom. The van der Waals surface area contributed by atoms with Gasteiger partial charge in [0.05, 0.1) is 35.2 Å². The first kappa shape index (κ1) is 95.7. The Labute approximate surface area is 538 Å². The van der Waals surface area contributed by atoms with Crippen molar-refractivity contribution < 1.29 is 9.47 Å². The van der Waals surface area contributed by atoms with Crippen LogP contribution in [0.4, 0.5) is 0 Å². The molecule has 2 heterocycles. The van der Waals surface area contributed by atoms with Crippen molar-refractivity contribution in [1.29, 1.82) is 0 Å². The number of hydrogen-bond donors (Lipinski definition) is 0. The molecule has 0 saturated carbocycles. The van der Waals surface area contributed by atoms with E-state index in [0.29, 0.717) is 60.5 Å². The van der Waals surface area contributed by atoms with Crippen LogP contribution in [0.3, 0.4) is 0 Å². The molecule has 0 spiro atoms. The summed E-state index contributed by atoms with van der Waals surface area (Å²) < 4.78 is 9.89. The van der Waals surface area contributed by atoms with Crippen LogP contribution in [0, 0.1) is 0 Å². The smallest absolute Gasteiger partial charge is 0.0652 e. The van der Waals surface area contributed by atoms with Crippen LogP contribution in [0.25, 0.3) is 0 Å². The molecule has 390 valence electrons. The van der Waals surface area contributed by atoms with E-state index in [0.717, 1.165) is 26.4 Å². The van der Waals surface area contributed by atoms with Gasteiger partial charge in [0.1, 0.15) is 0 Å². The maximum atomic E-state index is 4.94. The van der Waals surface area contributed by atoms with Crippen molar-refractivity contribution in [3.63, 3.8) is 0 Å². The molecule has 0 atom stereocenters. The van der Waals surface area contributed by atoms with Gasteiger partial charge in [0.15, 0.2) is 0 Å². The average Bonchev–Trinajstić information content (AvgIpc) is 3.58. The Hall–Kier alpha value is 5.33. The minimum atomic E-state index is -0.391. The van der Waals surface area contributed by atoms with Gasteiger partial charge >= 0.3 is 0 Å². The molecule has 2 rings (SSSR count). The van der Waals surface area contributed by atoms with E-state index in [4.69, 9.17) is 9.47 Å². The molecule has 0 amide bonds. The summed E-state index contributed by atoms with van der Waals surface area (Å²) in [7, 11) is -1.56. The van der Waals surface area contributed by atoms with Crippen LogP contribution in [0.5, 0.6) is 0 Å². The van der Waals surface area contributed by atoms with Crippen LogP contribution in [-0.2, 0) is 9.47 Å². The molecule has 0 aromatic carbocycles. The molecule has 2 fully saturated rings. The van der Waals surface area contributed by atoms with Gasteiger partial charge in [-0.2, -0.15) is 0 Å². The van der Waals surface area contributed by atoms with Crippen LogP contribution in [-0.4, -0.2) is 200 Å². The third-order valence-corrected chi connectivity index (χ3v) is 28.7. The fraction of sp³-hybridized carbons (Fsp3) is 1.00. The first-order valence-electron chi connectivity index (χ1n) is 25.2. The van der Waals surface area contributed by atoms with E-state index in [1.54, 1.807) is 0 Å². The Bertz CT molecular complexity index is 853. The van der Waals surface area contributed by atoms with Gasteiger partial charge in [-0.05, 0) is 86.1 Å². The number of rotatable bonds is 0. The van der Waals surface area contributed by atoms with Crippen molar-refractivity contribution >= 4 is 173 Å².